The van der Waals surface area contributed by atoms with Crippen LogP contribution in [0.2, 0.25) is 0 Å². The van der Waals surface area contributed by atoms with E-state index in [4.69, 9.17) is 15.3 Å². The highest BCUT2D eigenvalue weighted by molar-refractivity contribution is 7.80. The first-order chi connectivity index (χ1) is 20.1. The molecular formula is C35H45N3O2S. The van der Waals surface area contributed by atoms with Crippen LogP contribution in [0.3, 0.4) is 0 Å². The van der Waals surface area contributed by atoms with Crippen molar-refractivity contribution in [2.24, 2.45) is 11.5 Å². The van der Waals surface area contributed by atoms with Crippen molar-refractivity contribution in [3.8, 4) is 11.1 Å². The lowest BCUT2D eigenvalue weighted by atomic mass is 9.99. The maximum absolute atomic E-state index is 8.58. The molecule has 5 nitrogen and oxygen atoms in total. The standard InChI is InChI=1S/C22H21NS.C10H15NO.C2H6.CH3NO/c24-22-11-9-20(10-12-22)19-7-5-17(6-8-19)15-23-14-13-18-3-1-2-4-21(18)16-23;11-7-9-12-8-6-10-4-2-1-3-5-10;1-2;2-1-3/h1-12,24H,13-16H2;1-5H,6-9,11H2;1-2H3;1H,(H2,2,3). The molecule has 5 rings (SSSR count). The zero-order valence-corrected chi connectivity index (χ0v) is 25.3. The van der Waals surface area contributed by atoms with Crippen LogP contribution < -0.4 is 11.5 Å². The monoisotopic (exact) mass is 571 g/mol. The highest BCUT2D eigenvalue weighted by Gasteiger charge is 2.15. The minimum absolute atomic E-state index is 0.250. The number of hydrogen-bond acceptors (Lipinski definition) is 5. The molecule has 0 aromatic heterocycles. The number of carbonyl (C=O) groups is 1. The molecule has 41 heavy (non-hydrogen) atoms. The number of nitrogens with zero attached hydrogens (tertiary/aromatic N) is 1. The van der Waals surface area contributed by atoms with Crippen LogP contribution >= 0.6 is 12.6 Å². The summed E-state index contributed by atoms with van der Waals surface area (Å²) in [5.74, 6) is 0. The second-order valence-corrected chi connectivity index (χ2v) is 9.76. The molecule has 0 radical (unpaired) electrons. The molecule has 4 aromatic rings. The molecular weight excluding hydrogens is 526 g/mol. The second-order valence-electron chi connectivity index (χ2n) is 9.25. The average Bonchev–Trinajstić information content (AvgIpc) is 3.02. The number of ether oxygens (including phenoxy) is 1. The molecule has 0 unspecified atom stereocenters. The predicted octanol–water partition coefficient (Wildman–Crippen LogP) is 6.53. The van der Waals surface area contributed by atoms with Gasteiger partial charge in [-0.1, -0.05) is 105 Å². The molecule has 218 valence electrons. The van der Waals surface area contributed by atoms with Crippen LogP contribution in [0, 0.1) is 0 Å². The van der Waals surface area contributed by atoms with Gasteiger partial charge in [-0.15, -0.1) is 12.6 Å². The molecule has 4 aromatic carbocycles. The summed E-state index contributed by atoms with van der Waals surface area (Å²) in [4.78, 5) is 12.1. The number of fused-ring (bicyclic) bond motifs is 1. The van der Waals surface area contributed by atoms with Crippen molar-refractivity contribution in [3.05, 3.63) is 125 Å². The summed E-state index contributed by atoms with van der Waals surface area (Å²) in [6, 6.07) is 36.4. The number of primary amides is 1. The van der Waals surface area contributed by atoms with Gasteiger partial charge in [0, 0.05) is 31.1 Å². The number of hydrogen-bond donors (Lipinski definition) is 3. The van der Waals surface area contributed by atoms with Crippen molar-refractivity contribution in [2.75, 3.05) is 26.3 Å². The average molecular weight is 572 g/mol. The van der Waals surface area contributed by atoms with Gasteiger partial charge in [0.25, 0.3) is 0 Å². The maximum Gasteiger partial charge on any atom is 0.204 e. The van der Waals surface area contributed by atoms with Crippen LogP contribution in [-0.2, 0) is 35.5 Å². The van der Waals surface area contributed by atoms with E-state index in [0.29, 0.717) is 13.2 Å². The third-order valence-electron chi connectivity index (χ3n) is 6.41. The molecule has 0 spiro atoms. The van der Waals surface area contributed by atoms with E-state index in [0.717, 1.165) is 44.0 Å². The van der Waals surface area contributed by atoms with Crippen LogP contribution in [0.25, 0.3) is 11.1 Å². The molecule has 0 aliphatic carbocycles. The largest absolute Gasteiger partial charge is 0.380 e. The topological polar surface area (TPSA) is 81.6 Å². The lowest BCUT2D eigenvalue weighted by Crippen LogP contribution is -2.29. The highest BCUT2D eigenvalue weighted by Crippen LogP contribution is 2.23. The molecule has 0 saturated heterocycles. The van der Waals surface area contributed by atoms with Gasteiger partial charge in [0.15, 0.2) is 0 Å². The third-order valence-corrected chi connectivity index (χ3v) is 6.71. The van der Waals surface area contributed by atoms with E-state index in [2.05, 4.69) is 96.1 Å². The molecule has 0 bridgehead atoms. The lowest BCUT2D eigenvalue weighted by molar-refractivity contribution is -0.106. The van der Waals surface area contributed by atoms with Crippen LogP contribution in [0.1, 0.15) is 36.1 Å². The van der Waals surface area contributed by atoms with Gasteiger partial charge in [0.2, 0.25) is 6.41 Å². The fourth-order valence-corrected chi connectivity index (χ4v) is 4.57. The zero-order chi connectivity index (χ0) is 29.7. The Kier molecular flexibility index (Phi) is 16.9. The number of thiol groups is 1. The van der Waals surface area contributed by atoms with Gasteiger partial charge in [-0.3, -0.25) is 9.69 Å². The fraction of sp³-hybridized carbons (Fsp3) is 0.286. The molecule has 6 heteroatoms. The first kappa shape index (κ1) is 33.8. The normalized spacial score (nSPS) is 11.8. The number of benzene rings is 4. The molecule has 0 saturated carbocycles. The molecule has 0 atom stereocenters. The summed E-state index contributed by atoms with van der Waals surface area (Å²) in [5, 5.41) is 0. The third kappa shape index (κ3) is 12.7. The van der Waals surface area contributed by atoms with Gasteiger partial charge < -0.3 is 16.2 Å². The van der Waals surface area contributed by atoms with Gasteiger partial charge in [0.1, 0.15) is 0 Å². The van der Waals surface area contributed by atoms with Gasteiger partial charge in [-0.2, -0.15) is 0 Å². The van der Waals surface area contributed by atoms with E-state index < -0.39 is 0 Å². The summed E-state index contributed by atoms with van der Waals surface area (Å²) in [6.07, 6.45) is 2.38. The summed E-state index contributed by atoms with van der Waals surface area (Å²) < 4.78 is 5.26. The number of nitrogens with two attached hydrogens (primary N) is 2. The predicted molar refractivity (Wildman–Crippen MR) is 175 cm³/mol. The minimum Gasteiger partial charge on any atom is -0.380 e. The van der Waals surface area contributed by atoms with Crippen molar-refractivity contribution in [1.82, 2.24) is 4.90 Å². The smallest absolute Gasteiger partial charge is 0.204 e. The molecule has 0 fully saturated rings. The van der Waals surface area contributed by atoms with Crippen LogP contribution in [0.5, 0.6) is 0 Å². The van der Waals surface area contributed by atoms with Crippen LogP contribution in [-0.4, -0.2) is 37.6 Å². The summed E-state index contributed by atoms with van der Waals surface area (Å²) in [7, 11) is 0. The Morgan fingerprint density at radius 1 is 0.780 bits per heavy atom. The van der Waals surface area contributed by atoms with E-state index in [9.17, 15) is 0 Å². The van der Waals surface area contributed by atoms with Gasteiger partial charge >= 0.3 is 0 Å². The number of carbonyl (C=O) groups excluding carboxylic acids is 1. The minimum atomic E-state index is 0.250. The zero-order valence-electron chi connectivity index (χ0n) is 24.4. The number of amides is 1. The van der Waals surface area contributed by atoms with Crippen molar-refractivity contribution in [1.29, 1.82) is 0 Å². The molecule has 1 amide bonds. The van der Waals surface area contributed by atoms with Crippen molar-refractivity contribution >= 4 is 19.0 Å². The van der Waals surface area contributed by atoms with Crippen molar-refractivity contribution < 1.29 is 9.53 Å². The SMILES string of the molecule is CC.NC=O.NCCOCCc1ccccc1.Sc1ccc(-c2ccc(CN3CCc4ccccc4C3)cc2)cc1. The Morgan fingerprint density at radius 2 is 1.34 bits per heavy atom. The Balaban J connectivity index is 0.000000291. The van der Waals surface area contributed by atoms with E-state index >= 15 is 0 Å². The first-order valence-electron chi connectivity index (χ1n) is 14.3. The van der Waals surface area contributed by atoms with Crippen molar-refractivity contribution in [3.63, 3.8) is 0 Å². The Labute approximate surface area is 251 Å². The second kappa shape index (κ2) is 20.5. The molecule has 1 heterocycles. The van der Waals surface area contributed by atoms with E-state index in [-0.39, 0.29) is 6.41 Å². The van der Waals surface area contributed by atoms with E-state index in [1.165, 1.54) is 33.4 Å². The first-order valence-corrected chi connectivity index (χ1v) is 14.7. The van der Waals surface area contributed by atoms with Gasteiger partial charge in [-0.05, 0) is 58.4 Å². The summed E-state index contributed by atoms with van der Waals surface area (Å²) >= 11 is 4.35. The van der Waals surface area contributed by atoms with E-state index in [1.54, 1.807) is 0 Å². The van der Waals surface area contributed by atoms with Gasteiger partial charge in [-0.25, -0.2) is 0 Å². The summed E-state index contributed by atoms with van der Waals surface area (Å²) in [5.41, 5.74) is 17.6. The molecule has 1 aliphatic rings. The Bertz CT molecular complexity index is 1230. The van der Waals surface area contributed by atoms with Crippen LogP contribution in [0.15, 0.2) is 108 Å². The Morgan fingerprint density at radius 3 is 1.95 bits per heavy atom. The Hall–Kier alpha value is -3.42. The highest BCUT2D eigenvalue weighted by atomic mass is 32.1. The quantitative estimate of drug-likeness (QED) is 0.128. The fourth-order valence-electron chi connectivity index (χ4n) is 4.42. The molecule has 1 aliphatic heterocycles. The summed E-state index contributed by atoms with van der Waals surface area (Å²) in [6.45, 7) is 9.25. The maximum atomic E-state index is 8.58. The van der Waals surface area contributed by atoms with E-state index in [1.807, 2.05) is 44.2 Å². The lowest BCUT2D eigenvalue weighted by Gasteiger charge is -2.28. The van der Waals surface area contributed by atoms with Crippen molar-refractivity contribution in [2.45, 2.75) is 44.7 Å². The van der Waals surface area contributed by atoms with Gasteiger partial charge in [0.05, 0.1) is 13.2 Å². The number of rotatable bonds is 8. The van der Waals surface area contributed by atoms with Crippen LogP contribution in [0.4, 0.5) is 0 Å². The molecule has 4 N–H and O–H groups in total.